The fourth-order valence-corrected chi connectivity index (χ4v) is 3.02. The molecule has 130 valence electrons. The van der Waals surface area contributed by atoms with E-state index in [0.717, 1.165) is 11.1 Å². The predicted molar refractivity (Wildman–Crippen MR) is 95.2 cm³/mol. The van der Waals surface area contributed by atoms with E-state index in [9.17, 15) is 18.5 Å². The van der Waals surface area contributed by atoms with Crippen molar-refractivity contribution in [1.29, 1.82) is 0 Å². The second-order valence-electron chi connectivity index (χ2n) is 4.42. The summed E-state index contributed by atoms with van der Waals surface area (Å²) in [6.07, 6.45) is 1.69. The molecule has 0 amide bonds. The van der Waals surface area contributed by atoms with Crippen molar-refractivity contribution in [3.8, 4) is 0 Å². The first-order valence-corrected chi connectivity index (χ1v) is 9.00. The number of halogens is 1. The number of benzene rings is 1. The number of primary sulfonamides is 1. The van der Waals surface area contributed by atoms with Crippen molar-refractivity contribution in [2.24, 2.45) is 5.14 Å². The van der Waals surface area contributed by atoms with Crippen LogP contribution in [0.15, 0.2) is 52.5 Å². The van der Waals surface area contributed by atoms with Gasteiger partial charge in [0.2, 0.25) is 10.0 Å². The molecule has 0 saturated heterocycles. The van der Waals surface area contributed by atoms with E-state index in [1.54, 1.807) is 6.20 Å². The zero-order valence-electron chi connectivity index (χ0n) is 12.3. The van der Waals surface area contributed by atoms with Gasteiger partial charge in [0.15, 0.2) is 0 Å². The van der Waals surface area contributed by atoms with Gasteiger partial charge in [0, 0.05) is 24.6 Å². The first-order chi connectivity index (χ1) is 10.9. The fraction of sp³-hybridized carbons (Fsp3) is 0.154. The van der Waals surface area contributed by atoms with E-state index in [1.807, 2.05) is 18.2 Å². The lowest BCUT2D eigenvalue weighted by Gasteiger charge is -2.08. The van der Waals surface area contributed by atoms with E-state index in [2.05, 4.69) is 10.3 Å². The minimum absolute atomic E-state index is 0. The molecule has 24 heavy (non-hydrogen) atoms. The summed E-state index contributed by atoms with van der Waals surface area (Å²) in [5.74, 6) is 0.644. The molecule has 3 N–H and O–H groups in total. The van der Waals surface area contributed by atoms with Crippen LogP contribution in [0.25, 0.3) is 0 Å². The topological polar surface area (TPSA) is 128 Å². The van der Waals surface area contributed by atoms with Gasteiger partial charge in [0.25, 0.3) is 5.69 Å². The molecule has 0 atom stereocenters. The molecule has 2 aromatic rings. The third-order valence-corrected chi connectivity index (χ3v) is 4.66. The van der Waals surface area contributed by atoms with Gasteiger partial charge in [0.1, 0.15) is 5.69 Å². The highest BCUT2D eigenvalue weighted by molar-refractivity contribution is 7.99. The van der Waals surface area contributed by atoms with Gasteiger partial charge in [0.05, 0.1) is 14.8 Å². The van der Waals surface area contributed by atoms with Gasteiger partial charge in [-0.15, -0.1) is 24.2 Å². The maximum absolute atomic E-state index is 11.3. The smallest absolute Gasteiger partial charge is 0.293 e. The maximum Gasteiger partial charge on any atom is 0.293 e. The van der Waals surface area contributed by atoms with Crippen LogP contribution in [-0.2, 0) is 10.0 Å². The van der Waals surface area contributed by atoms with Gasteiger partial charge < -0.3 is 5.32 Å². The summed E-state index contributed by atoms with van der Waals surface area (Å²) in [7, 11) is -3.98. The Labute approximate surface area is 149 Å². The number of nitrogens with one attached hydrogen (secondary N) is 1. The van der Waals surface area contributed by atoms with Crippen molar-refractivity contribution in [2.45, 2.75) is 9.92 Å². The number of thioether (sulfide) groups is 1. The van der Waals surface area contributed by atoms with E-state index < -0.39 is 14.9 Å². The number of nitro groups is 1. The summed E-state index contributed by atoms with van der Waals surface area (Å²) >= 11 is 1.50. The lowest BCUT2D eigenvalue weighted by molar-refractivity contribution is -0.384. The van der Waals surface area contributed by atoms with Gasteiger partial charge in [-0.2, -0.15) is 0 Å². The number of anilines is 1. The van der Waals surface area contributed by atoms with Crippen molar-refractivity contribution >= 4 is 45.6 Å². The predicted octanol–water partition coefficient (Wildman–Crippen LogP) is 2.26. The average molecular weight is 391 g/mol. The summed E-state index contributed by atoms with van der Waals surface area (Å²) in [4.78, 5) is 14.3. The van der Waals surface area contributed by atoms with Gasteiger partial charge in [-0.25, -0.2) is 18.5 Å². The molecule has 8 nitrogen and oxygen atoms in total. The number of sulfonamides is 1. The quantitative estimate of drug-likeness (QED) is 0.321. The first kappa shape index (κ1) is 20.2. The number of hydrogen-bond donors (Lipinski definition) is 2. The Bertz CT molecular complexity index is 803. The van der Waals surface area contributed by atoms with Crippen LogP contribution < -0.4 is 10.5 Å². The monoisotopic (exact) mass is 390 g/mol. The Morgan fingerprint density at radius 3 is 2.62 bits per heavy atom. The second-order valence-corrected chi connectivity index (χ2v) is 7.10. The van der Waals surface area contributed by atoms with Crippen LogP contribution in [0.4, 0.5) is 11.4 Å². The summed E-state index contributed by atoms with van der Waals surface area (Å²) in [5, 5.41) is 19.8. The molecular formula is C13H15ClN4O4S2. The second kappa shape index (κ2) is 8.83. The lowest BCUT2D eigenvalue weighted by Crippen LogP contribution is -2.13. The van der Waals surface area contributed by atoms with Gasteiger partial charge in [-0.3, -0.25) is 10.1 Å². The number of nitrogens with two attached hydrogens (primary N) is 1. The Morgan fingerprint density at radius 1 is 1.29 bits per heavy atom. The van der Waals surface area contributed by atoms with Crippen LogP contribution >= 0.6 is 24.2 Å². The van der Waals surface area contributed by atoms with Crippen molar-refractivity contribution in [3.63, 3.8) is 0 Å². The van der Waals surface area contributed by atoms with E-state index in [-0.39, 0.29) is 28.7 Å². The average Bonchev–Trinajstić information content (AvgIpc) is 2.51. The molecule has 0 unspecified atom stereocenters. The van der Waals surface area contributed by atoms with E-state index in [1.165, 1.54) is 23.9 Å². The lowest BCUT2D eigenvalue weighted by atomic mass is 10.2. The number of nitro benzene ring substituents is 1. The molecule has 0 radical (unpaired) electrons. The zero-order valence-corrected chi connectivity index (χ0v) is 14.7. The van der Waals surface area contributed by atoms with Gasteiger partial charge >= 0.3 is 0 Å². The Kier molecular flexibility index (Phi) is 7.42. The molecule has 2 rings (SSSR count). The number of aromatic nitrogens is 1. The van der Waals surface area contributed by atoms with Crippen LogP contribution in [0.2, 0.25) is 0 Å². The van der Waals surface area contributed by atoms with Gasteiger partial charge in [-0.1, -0.05) is 6.07 Å². The molecular weight excluding hydrogens is 376 g/mol. The molecule has 0 saturated carbocycles. The minimum Gasteiger partial charge on any atom is -0.379 e. The molecule has 11 heteroatoms. The maximum atomic E-state index is 11.3. The van der Waals surface area contributed by atoms with Crippen molar-refractivity contribution in [1.82, 2.24) is 4.98 Å². The largest absolute Gasteiger partial charge is 0.379 e. The normalized spacial score (nSPS) is 10.7. The summed E-state index contributed by atoms with van der Waals surface area (Å²) < 4.78 is 22.5. The molecule has 0 bridgehead atoms. The SMILES string of the molecule is Cl.NS(=O)(=O)c1ccc(NCCSc2ccccn2)c([N+](=O)[O-])c1. The molecule has 0 fully saturated rings. The molecule has 1 aromatic heterocycles. The minimum atomic E-state index is -3.98. The summed E-state index contributed by atoms with van der Waals surface area (Å²) in [5.41, 5.74) is -0.0941. The van der Waals surface area contributed by atoms with E-state index in [4.69, 9.17) is 5.14 Å². The Balaban J connectivity index is 0.00000288. The van der Waals surface area contributed by atoms with Crippen LogP contribution in [0.5, 0.6) is 0 Å². The fourth-order valence-electron chi connectivity index (χ4n) is 1.76. The standard InChI is InChI=1S/C13H14N4O4S2.ClH/c14-23(20,21)10-4-5-11(12(9-10)17(18)19)15-7-8-22-13-3-1-2-6-16-13;/h1-6,9,15H,7-8H2,(H2,14,20,21);1H. The van der Waals surface area contributed by atoms with Crippen molar-refractivity contribution in [3.05, 3.63) is 52.7 Å². The summed E-state index contributed by atoms with van der Waals surface area (Å²) in [6.45, 7) is 0.455. The van der Waals surface area contributed by atoms with Crippen LogP contribution in [0, 0.1) is 10.1 Å². The highest BCUT2D eigenvalue weighted by Gasteiger charge is 2.18. The molecule has 1 aromatic carbocycles. The van der Waals surface area contributed by atoms with E-state index in [0.29, 0.717) is 12.3 Å². The van der Waals surface area contributed by atoms with Crippen molar-refractivity contribution < 1.29 is 13.3 Å². The number of hydrogen-bond acceptors (Lipinski definition) is 7. The molecule has 1 heterocycles. The Morgan fingerprint density at radius 2 is 2.04 bits per heavy atom. The van der Waals surface area contributed by atoms with Crippen LogP contribution in [0.3, 0.4) is 0 Å². The van der Waals surface area contributed by atoms with Gasteiger partial charge in [-0.05, 0) is 24.3 Å². The highest BCUT2D eigenvalue weighted by atomic mass is 35.5. The number of pyridine rings is 1. The van der Waals surface area contributed by atoms with Crippen LogP contribution in [0.1, 0.15) is 0 Å². The summed E-state index contributed by atoms with van der Waals surface area (Å²) in [6, 6.07) is 9.08. The highest BCUT2D eigenvalue weighted by Crippen LogP contribution is 2.27. The Hall–Kier alpha value is -1.88. The number of nitrogens with zero attached hydrogens (tertiary/aromatic N) is 2. The number of rotatable bonds is 7. The molecule has 0 aliphatic rings. The van der Waals surface area contributed by atoms with E-state index >= 15 is 0 Å². The van der Waals surface area contributed by atoms with Crippen LogP contribution in [-0.4, -0.2) is 30.6 Å². The zero-order chi connectivity index (χ0) is 16.9. The third kappa shape index (κ3) is 5.64. The third-order valence-electron chi connectivity index (χ3n) is 2.80. The molecule has 0 aliphatic heterocycles. The first-order valence-electron chi connectivity index (χ1n) is 6.47. The van der Waals surface area contributed by atoms with Crippen molar-refractivity contribution in [2.75, 3.05) is 17.6 Å². The molecule has 0 aliphatic carbocycles. The molecule has 0 spiro atoms.